The van der Waals surface area contributed by atoms with E-state index < -0.39 is 53.8 Å². The summed E-state index contributed by atoms with van der Waals surface area (Å²) in [7, 11) is 0. The minimum atomic E-state index is -1.27. The molecule has 0 aliphatic heterocycles. The molecule has 9 N–H and O–H groups in total. The molecule has 4 amide bonds. The van der Waals surface area contributed by atoms with Crippen LogP contribution in [-0.4, -0.2) is 69.6 Å². The first kappa shape index (κ1) is 27.7. The van der Waals surface area contributed by atoms with Crippen molar-refractivity contribution >= 4 is 53.1 Å². The highest BCUT2D eigenvalue weighted by molar-refractivity contribution is 7.80. The second-order valence-electron chi connectivity index (χ2n) is 8.05. The van der Waals surface area contributed by atoms with Crippen LogP contribution in [0, 0.1) is 0 Å². The van der Waals surface area contributed by atoms with Gasteiger partial charge in [-0.2, -0.15) is 12.6 Å². The van der Waals surface area contributed by atoms with Gasteiger partial charge in [0, 0.05) is 35.7 Å². The lowest BCUT2D eigenvalue weighted by atomic mass is 10.0. The van der Waals surface area contributed by atoms with E-state index in [0.29, 0.717) is 0 Å². The van der Waals surface area contributed by atoms with Crippen LogP contribution in [0.5, 0.6) is 0 Å². The zero-order valence-electron chi connectivity index (χ0n) is 19.1. The number of aliphatic carboxylic acids is 1. The molecule has 0 saturated heterocycles. The Morgan fingerprint density at radius 2 is 1.66 bits per heavy atom. The summed E-state index contributed by atoms with van der Waals surface area (Å²) in [6.45, 7) is 1.26. The normalized spacial score (nSPS) is 14.4. The summed E-state index contributed by atoms with van der Waals surface area (Å²) in [6, 6.07) is 2.79. The molecule has 2 rings (SSSR count). The first-order chi connectivity index (χ1) is 16.5. The zero-order valence-corrected chi connectivity index (χ0v) is 20.0. The molecule has 4 atom stereocenters. The number of primary amides is 1. The van der Waals surface area contributed by atoms with E-state index in [1.165, 1.54) is 6.92 Å². The van der Waals surface area contributed by atoms with Crippen LogP contribution in [0.4, 0.5) is 0 Å². The highest BCUT2D eigenvalue weighted by Crippen LogP contribution is 2.19. The van der Waals surface area contributed by atoms with E-state index in [-0.39, 0.29) is 25.0 Å². The molecule has 0 aliphatic carbocycles. The molecule has 0 bridgehead atoms. The van der Waals surface area contributed by atoms with E-state index in [4.69, 9.17) is 16.6 Å². The Labute approximate surface area is 207 Å². The predicted molar refractivity (Wildman–Crippen MR) is 131 cm³/mol. The number of carboxylic acid groups (broad SMARTS) is 1. The summed E-state index contributed by atoms with van der Waals surface area (Å²) >= 11 is 4.01. The van der Waals surface area contributed by atoms with E-state index >= 15 is 0 Å². The van der Waals surface area contributed by atoms with Gasteiger partial charge in [0.05, 0.1) is 6.04 Å². The maximum Gasteiger partial charge on any atom is 0.325 e. The third-order valence-electron chi connectivity index (χ3n) is 5.31. The topological polar surface area (TPSA) is 209 Å². The average molecular weight is 507 g/mol. The number of carbonyl (C=O) groups excluding carboxylic acids is 4. The molecular formula is C22H30N6O6S. The van der Waals surface area contributed by atoms with Gasteiger partial charge in [-0.15, -0.1) is 0 Å². The number of carbonyl (C=O) groups is 5. The Hall–Kier alpha value is -3.58. The van der Waals surface area contributed by atoms with Gasteiger partial charge in [0.15, 0.2) is 0 Å². The maximum atomic E-state index is 13.2. The summed E-state index contributed by atoms with van der Waals surface area (Å²) < 4.78 is 0. The van der Waals surface area contributed by atoms with E-state index in [1.54, 1.807) is 6.20 Å². The third kappa shape index (κ3) is 8.00. The lowest BCUT2D eigenvalue weighted by molar-refractivity contribution is -0.142. The van der Waals surface area contributed by atoms with Gasteiger partial charge in [-0.25, -0.2) is 0 Å². The molecule has 1 aromatic heterocycles. The van der Waals surface area contributed by atoms with E-state index in [0.717, 1.165) is 16.5 Å². The highest BCUT2D eigenvalue weighted by atomic mass is 32.1. The number of thiol groups is 1. The molecule has 0 radical (unpaired) electrons. The summed E-state index contributed by atoms with van der Waals surface area (Å²) in [6.07, 6.45) is 1.38. The summed E-state index contributed by atoms with van der Waals surface area (Å²) in [5.41, 5.74) is 12.5. The quantitative estimate of drug-likeness (QED) is 0.155. The first-order valence-electron chi connectivity index (χ1n) is 10.9. The summed E-state index contributed by atoms with van der Waals surface area (Å²) in [5.74, 6) is -4.07. The lowest BCUT2D eigenvalue weighted by Gasteiger charge is -2.24. The number of amides is 4. The number of aromatic amines is 1. The number of nitrogens with one attached hydrogen (secondary N) is 4. The van der Waals surface area contributed by atoms with Crippen molar-refractivity contribution < 1.29 is 29.1 Å². The fourth-order valence-electron chi connectivity index (χ4n) is 3.29. The average Bonchev–Trinajstić information content (AvgIpc) is 3.22. The van der Waals surface area contributed by atoms with E-state index in [9.17, 15) is 24.0 Å². The molecule has 0 saturated carbocycles. The molecule has 1 aromatic carbocycles. The number of hydrogen-bond acceptors (Lipinski definition) is 7. The van der Waals surface area contributed by atoms with Gasteiger partial charge in [0.1, 0.15) is 18.1 Å². The van der Waals surface area contributed by atoms with Gasteiger partial charge in [0.25, 0.3) is 0 Å². The fraction of sp³-hybridized carbons (Fsp3) is 0.409. The van der Waals surface area contributed by atoms with Crippen molar-refractivity contribution in [2.45, 2.75) is 50.4 Å². The number of fused-ring (bicyclic) bond motifs is 1. The van der Waals surface area contributed by atoms with Crippen molar-refractivity contribution in [1.29, 1.82) is 0 Å². The van der Waals surface area contributed by atoms with Crippen molar-refractivity contribution in [3.05, 3.63) is 36.0 Å². The van der Waals surface area contributed by atoms with Crippen molar-refractivity contribution in [2.75, 3.05) is 5.75 Å². The number of para-hydroxylation sites is 1. The number of H-pyrrole nitrogens is 1. The van der Waals surface area contributed by atoms with Crippen LogP contribution >= 0.6 is 12.6 Å². The van der Waals surface area contributed by atoms with Crippen molar-refractivity contribution in [3.63, 3.8) is 0 Å². The summed E-state index contributed by atoms with van der Waals surface area (Å²) in [4.78, 5) is 63.8. The summed E-state index contributed by atoms with van der Waals surface area (Å²) in [5, 5.41) is 17.2. The van der Waals surface area contributed by atoms with Gasteiger partial charge < -0.3 is 37.5 Å². The van der Waals surface area contributed by atoms with Gasteiger partial charge in [-0.05, 0) is 25.0 Å². The second-order valence-corrected chi connectivity index (χ2v) is 8.41. The Kier molecular flexibility index (Phi) is 10.1. The third-order valence-corrected chi connectivity index (χ3v) is 5.70. The molecule has 13 heteroatoms. The van der Waals surface area contributed by atoms with Crippen LogP contribution in [0.25, 0.3) is 10.9 Å². The van der Waals surface area contributed by atoms with Gasteiger partial charge in [0.2, 0.25) is 23.6 Å². The molecule has 35 heavy (non-hydrogen) atoms. The monoisotopic (exact) mass is 506 g/mol. The van der Waals surface area contributed by atoms with Crippen molar-refractivity contribution in [2.24, 2.45) is 11.5 Å². The lowest BCUT2D eigenvalue weighted by Crippen LogP contribution is -2.57. The Morgan fingerprint density at radius 3 is 2.29 bits per heavy atom. The minimum Gasteiger partial charge on any atom is -0.480 e. The number of rotatable bonds is 13. The van der Waals surface area contributed by atoms with E-state index in [2.05, 4.69) is 33.6 Å². The minimum absolute atomic E-state index is 0.0456. The standard InChI is InChI=1S/C22H30N6O6S/c1-11(22(33)34)26-20(31)16(6-7-18(24)29)27-21(32)17(28-19(30)14(23)10-35)8-12-9-25-15-5-3-2-4-13(12)15/h2-5,9,11,14,16-17,25,35H,6-8,10,23H2,1H3,(H2,24,29)(H,26,31)(H,27,32)(H,28,30)(H,33,34). The smallest absolute Gasteiger partial charge is 0.325 e. The molecule has 2 aromatic rings. The van der Waals surface area contributed by atoms with Crippen LogP contribution in [0.2, 0.25) is 0 Å². The van der Waals surface area contributed by atoms with Crippen LogP contribution in [0.1, 0.15) is 25.3 Å². The fourth-order valence-corrected chi connectivity index (χ4v) is 3.46. The van der Waals surface area contributed by atoms with Crippen LogP contribution < -0.4 is 27.4 Å². The number of benzene rings is 1. The highest BCUT2D eigenvalue weighted by Gasteiger charge is 2.30. The largest absolute Gasteiger partial charge is 0.480 e. The maximum absolute atomic E-state index is 13.2. The molecule has 4 unspecified atom stereocenters. The Bertz CT molecular complexity index is 1090. The molecule has 0 aliphatic rings. The number of nitrogens with two attached hydrogens (primary N) is 2. The molecule has 190 valence electrons. The van der Waals surface area contributed by atoms with E-state index in [1.807, 2.05) is 24.3 Å². The predicted octanol–water partition coefficient (Wildman–Crippen LogP) is -1.21. The molecule has 1 heterocycles. The number of carboxylic acids is 1. The molecular weight excluding hydrogens is 476 g/mol. The molecule has 0 spiro atoms. The van der Waals surface area contributed by atoms with Crippen LogP contribution in [0.3, 0.4) is 0 Å². The van der Waals surface area contributed by atoms with Gasteiger partial charge in [-0.1, -0.05) is 18.2 Å². The van der Waals surface area contributed by atoms with Crippen molar-refractivity contribution in [3.8, 4) is 0 Å². The van der Waals surface area contributed by atoms with Gasteiger partial charge >= 0.3 is 5.97 Å². The number of aromatic nitrogens is 1. The SMILES string of the molecule is CC(NC(=O)C(CCC(N)=O)NC(=O)C(Cc1c[nH]c2ccccc12)NC(=O)C(N)CS)C(=O)O. The Balaban J connectivity index is 2.28. The second kappa shape index (κ2) is 12.8. The Morgan fingerprint density at radius 1 is 1.03 bits per heavy atom. The van der Waals surface area contributed by atoms with Crippen LogP contribution in [0.15, 0.2) is 30.5 Å². The number of hydrogen-bond donors (Lipinski definition) is 8. The van der Waals surface area contributed by atoms with Crippen molar-refractivity contribution in [1.82, 2.24) is 20.9 Å². The zero-order chi connectivity index (χ0) is 26.1. The molecule has 12 nitrogen and oxygen atoms in total. The van der Waals surface area contributed by atoms with Crippen LogP contribution in [-0.2, 0) is 30.4 Å². The molecule has 0 fully saturated rings. The first-order valence-corrected chi connectivity index (χ1v) is 11.5. The van der Waals surface area contributed by atoms with Gasteiger partial charge in [-0.3, -0.25) is 24.0 Å².